The summed E-state index contributed by atoms with van der Waals surface area (Å²) in [5, 5.41) is 0. The normalized spacial score (nSPS) is 10.1. The molecule has 6 nitrogen and oxygen atoms in total. The van der Waals surface area contributed by atoms with Crippen LogP contribution >= 0.6 is 0 Å². The van der Waals surface area contributed by atoms with Crippen molar-refractivity contribution in [1.82, 2.24) is 9.88 Å². The molecule has 19 heavy (non-hydrogen) atoms. The molecule has 0 radical (unpaired) electrons. The van der Waals surface area contributed by atoms with Crippen LogP contribution in [0.1, 0.15) is 28.9 Å². The van der Waals surface area contributed by atoms with Crippen LogP contribution in [-0.2, 0) is 9.53 Å². The van der Waals surface area contributed by atoms with E-state index >= 15 is 0 Å². The lowest BCUT2D eigenvalue weighted by Gasteiger charge is -2.10. The van der Waals surface area contributed by atoms with E-state index < -0.39 is 5.97 Å². The summed E-state index contributed by atoms with van der Waals surface area (Å²) >= 11 is 0. The van der Waals surface area contributed by atoms with Crippen LogP contribution in [0.25, 0.3) is 0 Å². The van der Waals surface area contributed by atoms with Crippen molar-refractivity contribution in [2.24, 2.45) is 0 Å². The number of amides is 1. The van der Waals surface area contributed by atoms with Gasteiger partial charge < -0.3 is 15.4 Å². The van der Waals surface area contributed by atoms with Gasteiger partial charge in [0.05, 0.1) is 29.7 Å². The monoisotopic (exact) mass is 265 g/mol. The molecule has 0 atom stereocenters. The van der Waals surface area contributed by atoms with Gasteiger partial charge in [-0.05, 0) is 19.4 Å². The van der Waals surface area contributed by atoms with E-state index in [9.17, 15) is 9.59 Å². The standard InChI is InChI=1S/C13H19N3O3/c1-9-11(7-10(14)8-15-9)13(18)19-6-4-5-12(17)16(2)3/h7-8H,4-6,14H2,1-3H3. The Morgan fingerprint density at radius 3 is 2.74 bits per heavy atom. The number of nitrogens with zero attached hydrogens (tertiary/aromatic N) is 2. The zero-order chi connectivity index (χ0) is 14.4. The maximum Gasteiger partial charge on any atom is 0.340 e. The van der Waals surface area contributed by atoms with E-state index in [1.165, 1.54) is 17.2 Å². The summed E-state index contributed by atoms with van der Waals surface area (Å²) in [5.74, 6) is -0.451. The zero-order valence-electron chi connectivity index (χ0n) is 11.5. The first-order chi connectivity index (χ1) is 8.91. The summed E-state index contributed by atoms with van der Waals surface area (Å²) in [5.41, 5.74) is 6.92. The van der Waals surface area contributed by atoms with Gasteiger partial charge in [-0.25, -0.2) is 4.79 Å². The van der Waals surface area contributed by atoms with Gasteiger partial charge in [0.15, 0.2) is 0 Å². The molecule has 0 aromatic carbocycles. The fraction of sp³-hybridized carbons (Fsp3) is 0.462. The molecule has 104 valence electrons. The van der Waals surface area contributed by atoms with Crippen molar-refractivity contribution in [2.75, 3.05) is 26.4 Å². The highest BCUT2D eigenvalue weighted by atomic mass is 16.5. The number of aryl methyl sites for hydroxylation is 1. The summed E-state index contributed by atoms with van der Waals surface area (Å²) in [4.78, 5) is 28.6. The summed E-state index contributed by atoms with van der Waals surface area (Å²) in [6, 6.07) is 1.54. The third kappa shape index (κ3) is 4.57. The minimum Gasteiger partial charge on any atom is -0.462 e. The maximum atomic E-state index is 11.8. The number of nitrogens with two attached hydrogens (primary N) is 1. The SMILES string of the molecule is Cc1ncc(N)cc1C(=O)OCCCC(=O)N(C)C. The van der Waals surface area contributed by atoms with Gasteiger partial charge in [0.1, 0.15) is 0 Å². The van der Waals surface area contributed by atoms with Gasteiger partial charge in [0, 0.05) is 20.5 Å². The molecule has 0 saturated heterocycles. The van der Waals surface area contributed by atoms with Crippen molar-refractivity contribution in [3.05, 3.63) is 23.5 Å². The molecular weight excluding hydrogens is 246 g/mol. The smallest absolute Gasteiger partial charge is 0.340 e. The Kier molecular flexibility index (Phi) is 5.29. The highest BCUT2D eigenvalue weighted by Gasteiger charge is 2.12. The first kappa shape index (κ1) is 14.9. The largest absolute Gasteiger partial charge is 0.462 e. The lowest BCUT2D eigenvalue weighted by Crippen LogP contribution is -2.21. The predicted octanol–water partition coefficient (Wildman–Crippen LogP) is 0.997. The van der Waals surface area contributed by atoms with Crippen molar-refractivity contribution in [3.8, 4) is 0 Å². The van der Waals surface area contributed by atoms with Gasteiger partial charge in [0.2, 0.25) is 5.91 Å². The van der Waals surface area contributed by atoms with Crippen molar-refractivity contribution >= 4 is 17.6 Å². The van der Waals surface area contributed by atoms with Crippen molar-refractivity contribution in [2.45, 2.75) is 19.8 Å². The number of pyridine rings is 1. The minimum absolute atomic E-state index is 0.0119. The second-order valence-corrected chi connectivity index (χ2v) is 4.43. The molecule has 0 aliphatic carbocycles. The summed E-state index contributed by atoms with van der Waals surface area (Å²) in [6.45, 7) is 1.91. The highest BCUT2D eigenvalue weighted by Crippen LogP contribution is 2.11. The van der Waals surface area contributed by atoms with Crippen LogP contribution in [0.4, 0.5) is 5.69 Å². The molecule has 1 aromatic heterocycles. The molecule has 0 bridgehead atoms. The number of ether oxygens (including phenoxy) is 1. The quantitative estimate of drug-likeness (QED) is 0.634. The van der Waals surface area contributed by atoms with E-state index in [2.05, 4.69) is 4.98 Å². The van der Waals surface area contributed by atoms with Crippen LogP contribution in [0.2, 0.25) is 0 Å². The molecule has 0 spiro atoms. The molecule has 2 N–H and O–H groups in total. The Balaban J connectivity index is 2.44. The fourth-order valence-electron chi connectivity index (χ4n) is 1.45. The maximum absolute atomic E-state index is 11.8. The molecule has 0 fully saturated rings. The van der Waals surface area contributed by atoms with E-state index in [4.69, 9.17) is 10.5 Å². The van der Waals surface area contributed by atoms with Crippen molar-refractivity contribution < 1.29 is 14.3 Å². The number of hydrogen-bond donors (Lipinski definition) is 1. The van der Waals surface area contributed by atoms with Crippen molar-refractivity contribution in [3.63, 3.8) is 0 Å². The van der Waals surface area contributed by atoms with E-state index in [1.807, 2.05) is 0 Å². The van der Waals surface area contributed by atoms with Gasteiger partial charge in [-0.15, -0.1) is 0 Å². The van der Waals surface area contributed by atoms with Crippen molar-refractivity contribution in [1.29, 1.82) is 0 Å². The van der Waals surface area contributed by atoms with Crippen LogP contribution in [0.3, 0.4) is 0 Å². The zero-order valence-corrected chi connectivity index (χ0v) is 11.5. The van der Waals surface area contributed by atoms with E-state index in [0.717, 1.165) is 0 Å². The second kappa shape index (κ2) is 6.72. The number of nitrogen functional groups attached to an aromatic ring is 1. The van der Waals surface area contributed by atoms with Crippen LogP contribution in [0, 0.1) is 6.92 Å². The van der Waals surface area contributed by atoms with E-state index in [-0.39, 0.29) is 12.5 Å². The third-order valence-electron chi connectivity index (χ3n) is 2.59. The Morgan fingerprint density at radius 2 is 2.11 bits per heavy atom. The third-order valence-corrected chi connectivity index (χ3v) is 2.59. The number of anilines is 1. The number of aromatic nitrogens is 1. The Labute approximate surface area is 112 Å². The van der Waals surface area contributed by atoms with Gasteiger partial charge in [0.25, 0.3) is 0 Å². The summed E-state index contributed by atoms with van der Waals surface area (Å²) in [6.07, 6.45) is 2.34. The fourth-order valence-corrected chi connectivity index (χ4v) is 1.45. The second-order valence-electron chi connectivity index (χ2n) is 4.43. The first-order valence-electron chi connectivity index (χ1n) is 6.01. The average molecular weight is 265 g/mol. The lowest BCUT2D eigenvalue weighted by molar-refractivity contribution is -0.128. The van der Waals surface area contributed by atoms with Crippen LogP contribution in [-0.4, -0.2) is 42.5 Å². The number of esters is 1. The van der Waals surface area contributed by atoms with E-state index in [1.54, 1.807) is 21.0 Å². The molecule has 1 heterocycles. The number of rotatable bonds is 5. The molecule has 0 unspecified atom stereocenters. The van der Waals surface area contributed by atoms with E-state index in [0.29, 0.717) is 29.8 Å². The Bertz CT molecular complexity index is 472. The summed E-state index contributed by atoms with van der Waals surface area (Å²) in [7, 11) is 3.38. The Hall–Kier alpha value is -2.11. The van der Waals surface area contributed by atoms with Gasteiger partial charge in [-0.1, -0.05) is 0 Å². The van der Waals surface area contributed by atoms with Crippen LogP contribution in [0.15, 0.2) is 12.3 Å². The van der Waals surface area contributed by atoms with Gasteiger partial charge >= 0.3 is 5.97 Å². The Morgan fingerprint density at radius 1 is 1.42 bits per heavy atom. The molecule has 0 aliphatic heterocycles. The number of carbonyl (C=O) groups excluding carboxylic acids is 2. The first-order valence-corrected chi connectivity index (χ1v) is 6.01. The molecular formula is C13H19N3O3. The minimum atomic E-state index is -0.463. The lowest BCUT2D eigenvalue weighted by atomic mass is 10.2. The molecule has 0 aliphatic rings. The summed E-state index contributed by atoms with van der Waals surface area (Å²) < 4.78 is 5.09. The average Bonchev–Trinajstić information content (AvgIpc) is 2.36. The molecule has 1 aromatic rings. The molecule has 1 amide bonds. The van der Waals surface area contributed by atoms with Gasteiger partial charge in [-0.2, -0.15) is 0 Å². The molecule has 6 heteroatoms. The van der Waals surface area contributed by atoms with Crippen LogP contribution < -0.4 is 5.73 Å². The molecule has 1 rings (SSSR count). The van der Waals surface area contributed by atoms with Gasteiger partial charge in [-0.3, -0.25) is 9.78 Å². The topological polar surface area (TPSA) is 85.5 Å². The number of hydrogen-bond acceptors (Lipinski definition) is 5. The number of carbonyl (C=O) groups is 2. The molecule has 0 saturated carbocycles. The predicted molar refractivity (Wildman–Crippen MR) is 71.6 cm³/mol. The van der Waals surface area contributed by atoms with Crippen LogP contribution in [0.5, 0.6) is 0 Å². The highest BCUT2D eigenvalue weighted by molar-refractivity contribution is 5.91.